The molecule has 0 bridgehead atoms. The Balaban J connectivity index is 1.74. The monoisotopic (exact) mass is 292 g/mol. The van der Waals surface area contributed by atoms with Crippen molar-refractivity contribution in [3.8, 4) is 0 Å². The van der Waals surface area contributed by atoms with Crippen molar-refractivity contribution in [2.24, 2.45) is 0 Å². The summed E-state index contributed by atoms with van der Waals surface area (Å²) in [4.78, 5) is 18.9. The van der Waals surface area contributed by atoms with Crippen LogP contribution in [0.15, 0.2) is 30.6 Å². The standard InChI is InChI=1S/C14H17ClN4O/c1-10-11(15)3-2-4-12(10)19-14(20)5-6-16-9-13-17-7-8-18-13/h2-4,7-8,16H,5-6,9H2,1H3,(H,17,18)(H,19,20). The van der Waals surface area contributed by atoms with Gasteiger partial charge in [-0.2, -0.15) is 0 Å². The Bertz CT molecular complexity index is 569. The van der Waals surface area contributed by atoms with Crippen LogP contribution in [0.4, 0.5) is 5.69 Å². The van der Waals surface area contributed by atoms with Gasteiger partial charge in [0.1, 0.15) is 5.82 Å². The van der Waals surface area contributed by atoms with Gasteiger partial charge in [-0.05, 0) is 24.6 Å². The summed E-state index contributed by atoms with van der Waals surface area (Å²) in [6.45, 7) is 3.09. The van der Waals surface area contributed by atoms with Crippen LogP contribution in [0.2, 0.25) is 5.02 Å². The summed E-state index contributed by atoms with van der Waals surface area (Å²) in [5, 5.41) is 6.66. The van der Waals surface area contributed by atoms with Crippen molar-refractivity contribution in [1.82, 2.24) is 15.3 Å². The van der Waals surface area contributed by atoms with E-state index in [-0.39, 0.29) is 5.91 Å². The van der Waals surface area contributed by atoms with Gasteiger partial charge in [0.2, 0.25) is 5.91 Å². The Morgan fingerprint density at radius 1 is 1.45 bits per heavy atom. The molecule has 5 nitrogen and oxygen atoms in total. The van der Waals surface area contributed by atoms with Gasteiger partial charge < -0.3 is 15.6 Å². The molecule has 0 aliphatic carbocycles. The third-order valence-electron chi connectivity index (χ3n) is 2.92. The largest absolute Gasteiger partial charge is 0.348 e. The molecule has 1 aromatic heterocycles. The van der Waals surface area contributed by atoms with E-state index >= 15 is 0 Å². The van der Waals surface area contributed by atoms with Crippen molar-refractivity contribution in [1.29, 1.82) is 0 Å². The highest BCUT2D eigenvalue weighted by Crippen LogP contribution is 2.22. The second kappa shape index (κ2) is 7.07. The summed E-state index contributed by atoms with van der Waals surface area (Å²) in [5.41, 5.74) is 1.64. The zero-order valence-corrected chi connectivity index (χ0v) is 12.0. The molecule has 0 aliphatic heterocycles. The molecule has 106 valence electrons. The first-order valence-electron chi connectivity index (χ1n) is 6.41. The topological polar surface area (TPSA) is 69.8 Å². The Hall–Kier alpha value is -1.85. The van der Waals surface area contributed by atoms with Crippen LogP contribution in [0.5, 0.6) is 0 Å². The molecule has 0 atom stereocenters. The van der Waals surface area contributed by atoms with Gasteiger partial charge in [-0.15, -0.1) is 0 Å². The molecule has 20 heavy (non-hydrogen) atoms. The SMILES string of the molecule is Cc1c(Cl)cccc1NC(=O)CCNCc1ncc[nH]1. The van der Waals surface area contributed by atoms with E-state index in [4.69, 9.17) is 11.6 Å². The van der Waals surface area contributed by atoms with E-state index in [0.29, 0.717) is 24.5 Å². The molecule has 3 N–H and O–H groups in total. The van der Waals surface area contributed by atoms with Crippen molar-refractivity contribution >= 4 is 23.2 Å². The van der Waals surface area contributed by atoms with Crippen LogP contribution in [0, 0.1) is 6.92 Å². The van der Waals surface area contributed by atoms with E-state index in [1.165, 1.54) is 0 Å². The molecule has 1 aromatic carbocycles. The second-order valence-corrected chi connectivity index (χ2v) is 4.83. The fourth-order valence-corrected chi connectivity index (χ4v) is 1.93. The molecule has 0 fully saturated rings. The van der Waals surface area contributed by atoms with Crippen LogP contribution < -0.4 is 10.6 Å². The fraction of sp³-hybridized carbons (Fsp3) is 0.286. The molecule has 2 aromatic rings. The number of carbonyl (C=O) groups is 1. The van der Waals surface area contributed by atoms with E-state index in [2.05, 4.69) is 20.6 Å². The van der Waals surface area contributed by atoms with Gasteiger partial charge in [0.25, 0.3) is 0 Å². The highest BCUT2D eigenvalue weighted by molar-refractivity contribution is 6.31. The molecule has 0 spiro atoms. The highest BCUT2D eigenvalue weighted by Gasteiger charge is 2.06. The summed E-state index contributed by atoms with van der Waals surface area (Å²) in [6, 6.07) is 5.47. The average molecular weight is 293 g/mol. The Morgan fingerprint density at radius 3 is 3.05 bits per heavy atom. The van der Waals surface area contributed by atoms with Gasteiger partial charge in [0.15, 0.2) is 0 Å². The number of hydrogen-bond donors (Lipinski definition) is 3. The van der Waals surface area contributed by atoms with Crippen LogP contribution in [0.25, 0.3) is 0 Å². The zero-order valence-electron chi connectivity index (χ0n) is 11.2. The number of anilines is 1. The number of halogens is 1. The number of nitrogens with zero attached hydrogens (tertiary/aromatic N) is 1. The Morgan fingerprint density at radius 2 is 2.30 bits per heavy atom. The lowest BCUT2D eigenvalue weighted by atomic mass is 10.2. The first-order valence-corrected chi connectivity index (χ1v) is 6.78. The molecule has 2 rings (SSSR count). The minimum absolute atomic E-state index is 0.0395. The molecular weight excluding hydrogens is 276 g/mol. The summed E-state index contributed by atoms with van der Waals surface area (Å²) >= 11 is 6.01. The number of imidazole rings is 1. The molecule has 0 unspecified atom stereocenters. The Labute approximate surface area is 122 Å². The van der Waals surface area contributed by atoms with Crippen molar-refractivity contribution < 1.29 is 4.79 Å². The first kappa shape index (κ1) is 14.6. The van der Waals surface area contributed by atoms with Crippen molar-refractivity contribution in [2.45, 2.75) is 19.9 Å². The zero-order chi connectivity index (χ0) is 14.4. The van der Waals surface area contributed by atoms with E-state index in [9.17, 15) is 4.79 Å². The van der Waals surface area contributed by atoms with Gasteiger partial charge in [-0.25, -0.2) is 4.98 Å². The molecule has 0 aliphatic rings. The van der Waals surface area contributed by atoms with Crippen molar-refractivity contribution in [3.05, 3.63) is 47.0 Å². The smallest absolute Gasteiger partial charge is 0.225 e. The van der Waals surface area contributed by atoms with Gasteiger partial charge in [0, 0.05) is 36.1 Å². The fourth-order valence-electron chi connectivity index (χ4n) is 1.76. The van der Waals surface area contributed by atoms with E-state index in [0.717, 1.165) is 17.1 Å². The van der Waals surface area contributed by atoms with Crippen LogP contribution >= 0.6 is 11.6 Å². The molecule has 0 saturated heterocycles. The Kier molecular flexibility index (Phi) is 5.15. The maximum atomic E-state index is 11.8. The molecule has 0 saturated carbocycles. The number of H-pyrrole nitrogens is 1. The number of carbonyl (C=O) groups excluding carboxylic acids is 1. The predicted molar refractivity (Wildman–Crippen MR) is 79.7 cm³/mol. The molecule has 1 amide bonds. The number of benzene rings is 1. The van der Waals surface area contributed by atoms with Crippen LogP contribution in [0.3, 0.4) is 0 Å². The first-order chi connectivity index (χ1) is 9.66. The predicted octanol–water partition coefficient (Wildman–Crippen LogP) is 2.49. The summed E-state index contributed by atoms with van der Waals surface area (Å²) in [7, 11) is 0. The van der Waals surface area contributed by atoms with Gasteiger partial charge in [-0.3, -0.25) is 4.79 Å². The normalized spacial score (nSPS) is 10.5. The maximum Gasteiger partial charge on any atom is 0.225 e. The minimum Gasteiger partial charge on any atom is -0.348 e. The molecule has 0 radical (unpaired) electrons. The van der Waals surface area contributed by atoms with Crippen molar-refractivity contribution in [2.75, 3.05) is 11.9 Å². The summed E-state index contributed by atoms with van der Waals surface area (Å²) < 4.78 is 0. The number of nitrogens with one attached hydrogen (secondary N) is 3. The number of hydrogen-bond acceptors (Lipinski definition) is 3. The lowest BCUT2D eigenvalue weighted by Gasteiger charge is -2.09. The van der Waals surface area contributed by atoms with Crippen LogP contribution in [-0.4, -0.2) is 22.4 Å². The quantitative estimate of drug-likeness (QED) is 0.717. The van der Waals surface area contributed by atoms with Gasteiger partial charge in [0.05, 0.1) is 6.54 Å². The lowest BCUT2D eigenvalue weighted by Crippen LogP contribution is -2.22. The van der Waals surface area contributed by atoms with E-state index < -0.39 is 0 Å². The lowest BCUT2D eigenvalue weighted by molar-refractivity contribution is -0.116. The third-order valence-corrected chi connectivity index (χ3v) is 3.33. The number of aromatic nitrogens is 2. The maximum absolute atomic E-state index is 11.8. The summed E-state index contributed by atoms with van der Waals surface area (Å²) in [5.74, 6) is 0.818. The van der Waals surface area contributed by atoms with E-state index in [1.807, 2.05) is 19.1 Å². The average Bonchev–Trinajstić information content (AvgIpc) is 2.93. The molecule has 6 heteroatoms. The van der Waals surface area contributed by atoms with Crippen LogP contribution in [0.1, 0.15) is 17.8 Å². The minimum atomic E-state index is -0.0395. The van der Waals surface area contributed by atoms with Crippen molar-refractivity contribution in [3.63, 3.8) is 0 Å². The van der Waals surface area contributed by atoms with Gasteiger partial charge in [-0.1, -0.05) is 17.7 Å². The van der Waals surface area contributed by atoms with E-state index in [1.54, 1.807) is 18.5 Å². The van der Waals surface area contributed by atoms with Gasteiger partial charge >= 0.3 is 0 Å². The third kappa shape index (κ3) is 4.08. The number of aromatic amines is 1. The number of amides is 1. The summed E-state index contributed by atoms with van der Waals surface area (Å²) in [6.07, 6.45) is 3.87. The number of rotatable bonds is 6. The second-order valence-electron chi connectivity index (χ2n) is 4.42. The molecular formula is C14H17ClN4O. The highest BCUT2D eigenvalue weighted by atomic mass is 35.5. The molecule has 1 heterocycles. The van der Waals surface area contributed by atoms with Crippen LogP contribution in [-0.2, 0) is 11.3 Å².